The Labute approximate surface area is 96.8 Å². The summed E-state index contributed by atoms with van der Waals surface area (Å²) in [6.07, 6.45) is 6.02. The van der Waals surface area contributed by atoms with E-state index in [9.17, 15) is 0 Å². The van der Waals surface area contributed by atoms with Crippen molar-refractivity contribution < 1.29 is 4.74 Å². The lowest BCUT2D eigenvalue weighted by atomic mass is 9.77. The first-order valence-electron chi connectivity index (χ1n) is 6.19. The molecular formula is C14H19NO. The molecule has 3 rings (SSSR count). The summed E-state index contributed by atoms with van der Waals surface area (Å²) < 4.78 is 5.45. The van der Waals surface area contributed by atoms with Gasteiger partial charge in [-0.2, -0.15) is 0 Å². The molecule has 1 atom stereocenters. The monoisotopic (exact) mass is 217 g/mol. The van der Waals surface area contributed by atoms with Crippen LogP contribution in [0.5, 0.6) is 5.75 Å². The van der Waals surface area contributed by atoms with Gasteiger partial charge in [-0.05, 0) is 49.3 Å². The summed E-state index contributed by atoms with van der Waals surface area (Å²) in [5.74, 6) is 1.61. The Kier molecular flexibility index (Phi) is 2.21. The first-order valence-corrected chi connectivity index (χ1v) is 6.19. The molecular weight excluding hydrogens is 198 g/mol. The molecule has 1 fully saturated rings. The van der Waals surface area contributed by atoms with Crippen molar-refractivity contribution in [3.63, 3.8) is 0 Å². The van der Waals surface area contributed by atoms with Crippen LogP contribution in [0.3, 0.4) is 0 Å². The molecule has 0 radical (unpaired) electrons. The van der Waals surface area contributed by atoms with Gasteiger partial charge in [0.15, 0.2) is 0 Å². The van der Waals surface area contributed by atoms with Crippen LogP contribution in [0.4, 0.5) is 0 Å². The quantitative estimate of drug-likeness (QED) is 0.826. The zero-order valence-corrected chi connectivity index (χ0v) is 9.83. The van der Waals surface area contributed by atoms with Crippen LogP contribution in [-0.2, 0) is 6.42 Å². The van der Waals surface area contributed by atoms with Crippen molar-refractivity contribution in [1.29, 1.82) is 0 Å². The van der Waals surface area contributed by atoms with Crippen LogP contribution < -0.4 is 10.5 Å². The second kappa shape index (κ2) is 3.49. The standard InChI is InChI=1S/C14H19NO/c1-16-13-7-3-4-10-11(13)5-2-6-12(10)14(15)8-9-14/h3-4,7,12H,2,5-6,8-9,15H2,1H3. The number of ether oxygens (including phenoxy) is 1. The number of hydrogen-bond acceptors (Lipinski definition) is 2. The fourth-order valence-corrected chi connectivity index (χ4v) is 3.10. The van der Waals surface area contributed by atoms with Gasteiger partial charge in [0.2, 0.25) is 0 Å². The fourth-order valence-electron chi connectivity index (χ4n) is 3.10. The van der Waals surface area contributed by atoms with E-state index < -0.39 is 0 Å². The third kappa shape index (κ3) is 1.44. The lowest BCUT2D eigenvalue weighted by Crippen LogP contribution is -2.33. The molecule has 0 saturated heterocycles. The van der Waals surface area contributed by atoms with Gasteiger partial charge in [-0.3, -0.25) is 0 Å². The predicted molar refractivity (Wildman–Crippen MR) is 64.8 cm³/mol. The van der Waals surface area contributed by atoms with E-state index in [2.05, 4.69) is 18.2 Å². The number of hydrogen-bond donors (Lipinski definition) is 1. The number of benzene rings is 1. The third-order valence-corrected chi connectivity index (χ3v) is 4.21. The van der Waals surface area contributed by atoms with Gasteiger partial charge in [-0.25, -0.2) is 0 Å². The molecule has 86 valence electrons. The molecule has 1 aromatic rings. The van der Waals surface area contributed by atoms with Gasteiger partial charge in [0, 0.05) is 11.5 Å². The summed E-state index contributed by atoms with van der Waals surface area (Å²) in [6, 6.07) is 6.41. The summed E-state index contributed by atoms with van der Waals surface area (Å²) in [4.78, 5) is 0. The largest absolute Gasteiger partial charge is 0.496 e. The Morgan fingerprint density at radius 1 is 1.38 bits per heavy atom. The lowest BCUT2D eigenvalue weighted by Gasteiger charge is -2.31. The number of fused-ring (bicyclic) bond motifs is 1. The van der Waals surface area contributed by atoms with E-state index in [1.165, 1.54) is 36.8 Å². The third-order valence-electron chi connectivity index (χ3n) is 4.21. The highest BCUT2D eigenvalue weighted by Crippen LogP contribution is 2.51. The van der Waals surface area contributed by atoms with Gasteiger partial charge in [-0.1, -0.05) is 12.1 Å². The van der Waals surface area contributed by atoms with E-state index in [1.807, 2.05) is 0 Å². The van der Waals surface area contributed by atoms with Crippen molar-refractivity contribution in [3.8, 4) is 5.75 Å². The average Bonchev–Trinajstić information content (AvgIpc) is 3.07. The van der Waals surface area contributed by atoms with Crippen LogP contribution in [0.1, 0.15) is 42.7 Å². The molecule has 1 saturated carbocycles. The molecule has 2 heteroatoms. The van der Waals surface area contributed by atoms with Crippen molar-refractivity contribution in [3.05, 3.63) is 29.3 Å². The average molecular weight is 217 g/mol. The van der Waals surface area contributed by atoms with E-state index in [1.54, 1.807) is 7.11 Å². The molecule has 1 unspecified atom stereocenters. The molecule has 16 heavy (non-hydrogen) atoms. The Hall–Kier alpha value is -1.02. The van der Waals surface area contributed by atoms with Crippen LogP contribution >= 0.6 is 0 Å². The molecule has 0 aromatic heterocycles. The van der Waals surface area contributed by atoms with Crippen LogP contribution in [0.15, 0.2) is 18.2 Å². The van der Waals surface area contributed by atoms with Crippen molar-refractivity contribution in [2.75, 3.05) is 7.11 Å². The molecule has 0 spiro atoms. The molecule has 2 N–H and O–H groups in total. The first kappa shape index (κ1) is 10.2. The van der Waals surface area contributed by atoms with E-state index in [4.69, 9.17) is 10.5 Å². The highest BCUT2D eigenvalue weighted by Gasteiger charge is 2.47. The van der Waals surface area contributed by atoms with Gasteiger partial charge in [0.05, 0.1) is 7.11 Å². The van der Waals surface area contributed by atoms with Crippen molar-refractivity contribution in [2.24, 2.45) is 5.73 Å². The SMILES string of the molecule is COc1cccc2c1CCCC2C1(N)CC1. The Morgan fingerprint density at radius 2 is 2.19 bits per heavy atom. The van der Waals surface area contributed by atoms with Crippen LogP contribution in [0.25, 0.3) is 0 Å². The minimum atomic E-state index is 0.0987. The highest BCUT2D eigenvalue weighted by molar-refractivity contribution is 5.45. The first-order chi connectivity index (χ1) is 7.74. The summed E-state index contributed by atoms with van der Waals surface area (Å²) >= 11 is 0. The number of nitrogens with two attached hydrogens (primary N) is 1. The Bertz CT molecular complexity index is 409. The fraction of sp³-hybridized carbons (Fsp3) is 0.571. The lowest BCUT2D eigenvalue weighted by molar-refractivity contribution is 0.394. The van der Waals surface area contributed by atoms with Gasteiger partial charge in [0.1, 0.15) is 5.75 Å². The molecule has 2 nitrogen and oxygen atoms in total. The van der Waals surface area contributed by atoms with E-state index >= 15 is 0 Å². The smallest absolute Gasteiger partial charge is 0.122 e. The van der Waals surface area contributed by atoms with Crippen molar-refractivity contribution >= 4 is 0 Å². The van der Waals surface area contributed by atoms with Gasteiger partial charge < -0.3 is 10.5 Å². The molecule has 2 aliphatic carbocycles. The predicted octanol–water partition coefficient (Wildman–Crippen LogP) is 2.61. The van der Waals surface area contributed by atoms with Gasteiger partial charge >= 0.3 is 0 Å². The molecule has 2 aliphatic rings. The maximum absolute atomic E-state index is 6.39. The zero-order chi connectivity index (χ0) is 11.2. The minimum Gasteiger partial charge on any atom is -0.496 e. The van der Waals surface area contributed by atoms with Gasteiger partial charge in [0.25, 0.3) is 0 Å². The zero-order valence-electron chi connectivity index (χ0n) is 9.83. The van der Waals surface area contributed by atoms with Crippen molar-refractivity contribution in [2.45, 2.75) is 43.6 Å². The van der Waals surface area contributed by atoms with E-state index in [-0.39, 0.29) is 5.54 Å². The Balaban J connectivity index is 2.05. The van der Waals surface area contributed by atoms with Crippen molar-refractivity contribution in [1.82, 2.24) is 0 Å². The van der Waals surface area contributed by atoms with E-state index in [0.717, 1.165) is 12.2 Å². The molecule has 0 amide bonds. The Morgan fingerprint density at radius 3 is 2.88 bits per heavy atom. The molecule has 0 aliphatic heterocycles. The normalized spacial score (nSPS) is 26.0. The van der Waals surface area contributed by atoms with Crippen LogP contribution in [-0.4, -0.2) is 12.6 Å². The maximum Gasteiger partial charge on any atom is 0.122 e. The van der Waals surface area contributed by atoms with Gasteiger partial charge in [-0.15, -0.1) is 0 Å². The van der Waals surface area contributed by atoms with Crippen LogP contribution in [0, 0.1) is 0 Å². The molecule has 0 heterocycles. The number of rotatable bonds is 2. The maximum atomic E-state index is 6.39. The summed E-state index contributed by atoms with van der Waals surface area (Å²) in [5, 5.41) is 0. The topological polar surface area (TPSA) is 35.2 Å². The second-order valence-corrected chi connectivity index (χ2v) is 5.21. The molecule has 0 bridgehead atoms. The van der Waals surface area contributed by atoms with Crippen LogP contribution in [0.2, 0.25) is 0 Å². The summed E-state index contributed by atoms with van der Waals surface area (Å²) in [7, 11) is 1.76. The minimum absolute atomic E-state index is 0.0987. The van der Waals surface area contributed by atoms with E-state index in [0.29, 0.717) is 5.92 Å². The number of methoxy groups -OCH3 is 1. The summed E-state index contributed by atoms with van der Waals surface area (Å²) in [5.41, 5.74) is 9.34. The summed E-state index contributed by atoms with van der Waals surface area (Å²) in [6.45, 7) is 0. The second-order valence-electron chi connectivity index (χ2n) is 5.21. The molecule has 1 aromatic carbocycles. The highest BCUT2D eigenvalue weighted by atomic mass is 16.5.